The fourth-order valence-electron chi connectivity index (χ4n) is 0.710. The van der Waals surface area contributed by atoms with Crippen LogP contribution in [0.25, 0.3) is 0 Å². The first-order chi connectivity index (χ1) is 5.95. The standard InChI is InChI=1S/C6H3ClF3N3/c7-5-3-4(6(8,9)10)12-13(5)2-1-11/h3H,2H2. The molecule has 1 aromatic heterocycles. The van der Waals surface area contributed by atoms with E-state index >= 15 is 0 Å². The van der Waals surface area contributed by atoms with E-state index in [1.165, 1.54) is 0 Å². The van der Waals surface area contributed by atoms with Gasteiger partial charge in [-0.3, -0.25) is 0 Å². The zero-order valence-corrected chi connectivity index (χ0v) is 6.89. The molecule has 0 saturated carbocycles. The molecule has 70 valence electrons. The summed E-state index contributed by atoms with van der Waals surface area (Å²) in [5.41, 5.74) is -1.09. The Morgan fingerprint density at radius 1 is 1.62 bits per heavy atom. The van der Waals surface area contributed by atoms with E-state index in [9.17, 15) is 13.2 Å². The monoisotopic (exact) mass is 209 g/mol. The van der Waals surface area contributed by atoms with Gasteiger partial charge in [0.25, 0.3) is 0 Å². The van der Waals surface area contributed by atoms with Gasteiger partial charge in [-0.05, 0) is 0 Å². The average molecular weight is 210 g/mol. The maximum Gasteiger partial charge on any atom is 0.435 e. The molecule has 0 aliphatic rings. The Balaban J connectivity index is 3.04. The first-order valence-corrected chi connectivity index (χ1v) is 3.50. The van der Waals surface area contributed by atoms with Gasteiger partial charge < -0.3 is 0 Å². The number of rotatable bonds is 1. The molecule has 0 spiro atoms. The smallest absolute Gasteiger partial charge is 0.239 e. The number of nitriles is 1. The first kappa shape index (κ1) is 9.86. The molecule has 0 bridgehead atoms. The minimum atomic E-state index is -4.52. The van der Waals surface area contributed by atoms with Crippen LogP contribution in [0.2, 0.25) is 5.15 Å². The quantitative estimate of drug-likeness (QED) is 0.711. The first-order valence-electron chi connectivity index (χ1n) is 3.12. The average Bonchev–Trinajstić information content (AvgIpc) is 2.32. The highest BCUT2D eigenvalue weighted by Gasteiger charge is 2.34. The van der Waals surface area contributed by atoms with Crippen LogP contribution in [0.3, 0.4) is 0 Å². The van der Waals surface area contributed by atoms with Crippen LogP contribution in [0.4, 0.5) is 13.2 Å². The van der Waals surface area contributed by atoms with E-state index in [4.69, 9.17) is 16.9 Å². The van der Waals surface area contributed by atoms with Gasteiger partial charge in [0, 0.05) is 6.07 Å². The second-order valence-electron chi connectivity index (χ2n) is 2.17. The molecule has 1 rings (SSSR count). The third-order valence-corrected chi connectivity index (χ3v) is 1.55. The zero-order chi connectivity index (χ0) is 10.1. The van der Waals surface area contributed by atoms with Crippen LogP contribution in [-0.4, -0.2) is 9.78 Å². The summed E-state index contributed by atoms with van der Waals surface area (Å²) in [6, 6.07) is 2.32. The van der Waals surface area contributed by atoms with Gasteiger partial charge in [-0.1, -0.05) is 11.6 Å². The summed E-state index contributed by atoms with van der Waals surface area (Å²) >= 11 is 5.38. The van der Waals surface area contributed by atoms with Gasteiger partial charge in [-0.2, -0.15) is 23.5 Å². The van der Waals surface area contributed by atoms with Gasteiger partial charge in [0.05, 0.1) is 6.07 Å². The van der Waals surface area contributed by atoms with E-state index < -0.39 is 11.9 Å². The normalized spacial score (nSPS) is 11.3. The Morgan fingerprint density at radius 3 is 2.62 bits per heavy atom. The van der Waals surface area contributed by atoms with Crippen molar-refractivity contribution >= 4 is 11.6 Å². The molecule has 0 atom stereocenters. The summed E-state index contributed by atoms with van der Waals surface area (Å²) in [5.74, 6) is 0. The second kappa shape index (κ2) is 3.26. The summed E-state index contributed by atoms with van der Waals surface area (Å²) in [7, 11) is 0. The molecule has 1 heterocycles. The molecule has 0 saturated heterocycles. The number of hydrogen-bond donors (Lipinski definition) is 0. The highest BCUT2D eigenvalue weighted by atomic mass is 35.5. The third kappa shape index (κ3) is 2.12. The summed E-state index contributed by atoms with van der Waals surface area (Å²) in [4.78, 5) is 0. The molecule has 0 amide bonds. The lowest BCUT2D eigenvalue weighted by Gasteiger charge is -1.99. The summed E-state index contributed by atoms with van der Waals surface area (Å²) in [6.45, 7) is -0.297. The lowest BCUT2D eigenvalue weighted by Crippen LogP contribution is -2.07. The molecule has 0 radical (unpaired) electrons. The van der Waals surface area contributed by atoms with Crippen molar-refractivity contribution < 1.29 is 13.2 Å². The third-order valence-electron chi connectivity index (χ3n) is 1.24. The zero-order valence-electron chi connectivity index (χ0n) is 6.14. The molecule has 0 aliphatic heterocycles. The van der Waals surface area contributed by atoms with Crippen molar-refractivity contribution in [3.8, 4) is 6.07 Å². The predicted molar refractivity (Wildman–Crippen MR) is 37.9 cm³/mol. The van der Waals surface area contributed by atoms with Gasteiger partial charge in [0.15, 0.2) is 5.69 Å². The minimum absolute atomic E-state index is 0.200. The molecular formula is C6H3ClF3N3. The number of aromatic nitrogens is 2. The van der Waals surface area contributed by atoms with Crippen molar-refractivity contribution in [2.45, 2.75) is 12.7 Å². The Bertz CT molecular complexity index is 349. The Kier molecular flexibility index (Phi) is 2.48. The van der Waals surface area contributed by atoms with Gasteiger partial charge in [-0.15, -0.1) is 0 Å². The molecule has 13 heavy (non-hydrogen) atoms. The Labute approximate surface area is 76.3 Å². The molecule has 7 heteroatoms. The lowest BCUT2D eigenvalue weighted by molar-refractivity contribution is -0.141. The highest BCUT2D eigenvalue weighted by molar-refractivity contribution is 6.29. The van der Waals surface area contributed by atoms with E-state index in [-0.39, 0.29) is 11.7 Å². The predicted octanol–water partition coefficient (Wildman–Crippen LogP) is 2.08. The van der Waals surface area contributed by atoms with Crippen molar-refractivity contribution in [2.75, 3.05) is 0 Å². The summed E-state index contributed by atoms with van der Waals surface area (Å²) in [5, 5.41) is 11.1. The minimum Gasteiger partial charge on any atom is -0.239 e. The van der Waals surface area contributed by atoms with Crippen LogP contribution >= 0.6 is 11.6 Å². The van der Waals surface area contributed by atoms with Crippen LogP contribution in [0.15, 0.2) is 6.07 Å². The second-order valence-corrected chi connectivity index (χ2v) is 2.55. The van der Waals surface area contributed by atoms with Crippen molar-refractivity contribution in [3.63, 3.8) is 0 Å². The van der Waals surface area contributed by atoms with Gasteiger partial charge in [0.2, 0.25) is 0 Å². The fraction of sp³-hybridized carbons (Fsp3) is 0.333. The van der Waals surface area contributed by atoms with Crippen LogP contribution in [0.5, 0.6) is 0 Å². The van der Waals surface area contributed by atoms with Crippen LogP contribution in [-0.2, 0) is 12.7 Å². The SMILES string of the molecule is N#CCn1nc(C(F)(F)F)cc1Cl. The van der Waals surface area contributed by atoms with Crippen molar-refractivity contribution in [1.82, 2.24) is 9.78 Å². The van der Waals surface area contributed by atoms with E-state index in [0.29, 0.717) is 6.07 Å². The molecule has 0 N–H and O–H groups in total. The van der Waals surface area contributed by atoms with Crippen molar-refractivity contribution in [1.29, 1.82) is 5.26 Å². The fourth-order valence-corrected chi connectivity index (χ4v) is 0.911. The molecule has 1 aromatic rings. The summed E-state index contributed by atoms with van der Waals surface area (Å²) < 4.78 is 36.8. The van der Waals surface area contributed by atoms with Gasteiger partial charge >= 0.3 is 6.18 Å². The molecule has 0 aliphatic carbocycles. The Morgan fingerprint density at radius 2 is 2.23 bits per heavy atom. The van der Waals surface area contributed by atoms with Crippen LogP contribution in [0.1, 0.15) is 5.69 Å². The van der Waals surface area contributed by atoms with E-state index in [1.807, 2.05) is 0 Å². The van der Waals surface area contributed by atoms with Gasteiger partial charge in [0.1, 0.15) is 11.7 Å². The highest BCUT2D eigenvalue weighted by Crippen LogP contribution is 2.29. The Hall–Kier alpha value is -1.22. The number of hydrogen-bond acceptors (Lipinski definition) is 2. The van der Waals surface area contributed by atoms with Crippen LogP contribution < -0.4 is 0 Å². The molecule has 0 fully saturated rings. The number of halogens is 4. The topological polar surface area (TPSA) is 41.6 Å². The van der Waals surface area contributed by atoms with Crippen molar-refractivity contribution in [3.05, 3.63) is 16.9 Å². The maximum atomic E-state index is 12.0. The largest absolute Gasteiger partial charge is 0.435 e. The molecule has 0 unspecified atom stereocenters. The van der Waals surface area contributed by atoms with E-state index in [2.05, 4.69) is 5.10 Å². The van der Waals surface area contributed by atoms with Crippen LogP contribution in [0, 0.1) is 11.3 Å². The van der Waals surface area contributed by atoms with Crippen molar-refractivity contribution in [2.24, 2.45) is 0 Å². The van der Waals surface area contributed by atoms with E-state index in [0.717, 1.165) is 4.68 Å². The lowest BCUT2D eigenvalue weighted by atomic mass is 10.4. The number of alkyl halides is 3. The molecule has 3 nitrogen and oxygen atoms in total. The molecular weight excluding hydrogens is 207 g/mol. The summed E-state index contributed by atoms with van der Waals surface area (Å²) in [6.07, 6.45) is -4.52. The maximum absolute atomic E-state index is 12.0. The molecule has 0 aromatic carbocycles. The number of nitrogens with zero attached hydrogens (tertiary/aromatic N) is 3. The van der Waals surface area contributed by atoms with E-state index in [1.54, 1.807) is 6.07 Å². The van der Waals surface area contributed by atoms with Gasteiger partial charge in [-0.25, -0.2) is 4.68 Å².